The highest BCUT2D eigenvalue weighted by Crippen LogP contribution is 2.28. The summed E-state index contributed by atoms with van der Waals surface area (Å²) >= 11 is 0. The molecule has 7 nitrogen and oxygen atoms in total. The molecule has 30 heavy (non-hydrogen) atoms. The van der Waals surface area contributed by atoms with Crippen LogP contribution in [0.4, 0.5) is 11.4 Å². The fourth-order valence-corrected chi connectivity index (χ4v) is 3.39. The molecule has 0 spiro atoms. The molecule has 150 valence electrons. The molecule has 1 aliphatic heterocycles. The maximum Gasteiger partial charge on any atom is 0.326 e. The molecule has 3 aromatic carbocycles. The van der Waals surface area contributed by atoms with E-state index in [0.29, 0.717) is 11.4 Å². The van der Waals surface area contributed by atoms with Crippen molar-refractivity contribution < 1.29 is 23.9 Å². The topological polar surface area (TPSA) is 92.8 Å². The highest BCUT2D eigenvalue weighted by atomic mass is 16.5. The SMILES string of the molecule is C[C@@H](OC(=O)CN1C(=O)C(=O)c2ccccc21)C(=O)Nc1cccc2ccccc12. The lowest BCUT2D eigenvalue weighted by Gasteiger charge is -2.18. The van der Waals surface area contributed by atoms with E-state index < -0.39 is 36.2 Å². The molecule has 7 heteroatoms. The molecule has 1 N–H and O–H groups in total. The van der Waals surface area contributed by atoms with E-state index in [1.807, 2.05) is 36.4 Å². The van der Waals surface area contributed by atoms with Gasteiger partial charge in [-0.25, -0.2) is 0 Å². The monoisotopic (exact) mass is 402 g/mol. The van der Waals surface area contributed by atoms with E-state index in [2.05, 4.69) is 5.32 Å². The molecule has 0 fully saturated rings. The summed E-state index contributed by atoms with van der Waals surface area (Å²) in [5.41, 5.74) is 1.21. The number of amides is 2. The second kappa shape index (κ2) is 7.79. The number of carbonyl (C=O) groups is 4. The molecule has 1 atom stereocenters. The van der Waals surface area contributed by atoms with Crippen molar-refractivity contribution in [1.82, 2.24) is 0 Å². The van der Waals surface area contributed by atoms with Crippen LogP contribution in [-0.4, -0.2) is 36.2 Å². The van der Waals surface area contributed by atoms with Crippen LogP contribution in [-0.2, 0) is 19.1 Å². The second-order valence-electron chi connectivity index (χ2n) is 6.89. The number of anilines is 2. The molecule has 0 radical (unpaired) electrons. The van der Waals surface area contributed by atoms with Crippen LogP contribution in [0, 0.1) is 0 Å². The number of ether oxygens (including phenoxy) is 1. The van der Waals surface area contributed by atoms with E-state index in [0.717, 1.165) is 15.7 Å². The zero-order valence-electron chi connectivity index (χ0n) is 16.1. The molecule has 1 aliphatic rings. The number of carbonyl (C=O) groups excluding carboxylic acids is 4. The first-order chi connectivity index (χ1) is 14.5. The third-order valence-corrected chi connectivity index (χ3v) is 4.89. The van der Waals surface area contributed by atoms with Crippen LogP contribution in [0.5, 0.6) is 0 Å². The quantitative estimate of drug-likeness (QED) is 0.523. The van der Waals surface area contributed by atoms with Crippen LogP contribution < -0.4 is 10.2 Å². The number of hydrogen-bond donors (Lipinski definition) is 1. The lowest BCUT2D eigenvalue weighted by molar-refractivity contribution is -0.152. The van der Waals surface area contributed by atoms with Gasteiger partial charge in [-0.05, 0) is 30.5 Å². The molecule has 3 aromatic rings. The van der Waals surface area contributed by atoms with Crippen molar-refractivity contribution in [3.63, 3.8) is 0 Å². The molecule has 0 aromatic heterocycles. The molecule has 0 saturated heterocycles. The fourth-order valence-electron chi connectivity index (χ4n) is 3.39. The number of para-hydroxylation sites is 1. The van der Waals surface area contributed by atoms with Crippen LogP contribution >= 0.6 is 0 Å². The molecule has 1 heterocycles. The first-order valence-corrected chi connectivity index (χ1v) is 9.39. The van der Waals surface area contributed by atoms with E-state index in [4.69, 9.17) is 4.74 Å². The summed E-state index contributed by atoms with van der Waals surface area (Å²) in [6, 6.07) is 19.5. The maximum absolute atomic E-state index is 12.5. The van der Waals surface area contributed by atoms with Crippen molar-refractivity contribution in [1.29, 1.82) is 0 Å². The van der Waals surface area contributed by atoms with Gasteiger partial charge in [0.2, 0.25) is 0 Å². The van der Waals surface area contributed by atoms with Crippen LogP contribution in [0.3, 0.4) is 0 Å². The number of hydrogen-bond acceptors (Lipinski definition) is 5. The Balaban J connectivity index is 1.42. The number of esters is 1. The Labute approximate surface area is 172 Å². The number of fused-ring (bicyclic) bond motifs is 2. The molecule has 0 saturated carbocycles. The van der Waals surface area contributed by atoms with Crippen molar-refractivity contribution in [2.24, 2.45) is 0 Å². The van der Waals surface area contributed by atoms with Crippen LogP contribution in [0.25, 0.3) is 10.8 Å². The number of Topliss-reactive ketones (excluding diaryl/α,β-unsaturated/α-hetero) is 1. The van der Waals surface area contributed by atoms with Gasteiger partial charge in [-0.15, -0.1) is 0 Å². The predicted octanol–water partition coefficient (Wildman–Crippen LogP) is 2.94. The Hall–Kier alpha value is -4.00. The average Bonchev–Trinajstić information content (AvgIpc) is 2.99. The summed E-state index contributed by atoms with van der Waals surface area (Å²) in [5, 5.41) is 4.60. The lowest BCUT2D eigenvalue weighted by Crippen LogP contribution is -2.38. The van der Waals surface area contributed by atoms with Gasteiger partial charge in [0.05, 0.1) is 11.3 Å². The van der Waals surface area contributed by atoms with Crippen LogP contribution in [0.15, 0.2) is 66.7 Å². The standard InChI is InChI=1S/C23H18N2O5/c1-14(22(28)24-18-11-6-8-15-7-2-3-9-16(15)18)30-20(26)13-25-19-12-5-4-10-17(19)21(27)23(25)29/h2-12,14H,13H2,1H3,(H,24,28)/t14-/m1/s1. The Morgan fingerprint density at radius 3 is 2.50 bits per heavy atom. The third-order valence-electron chi connectivity index (χ3n) is 4.89. The molecule has 2 amide bonds. The Kier molecular flexibility index (Phi) is 5.02. The van der Waals surface area contributed by atoms with Gasteiger partial charge in [0.25, 0.3) is 17.6 Å². The molecular weight excluding hydrogens is 384 g/mol. The smallest absolute Gasteiger partial charge is 0.326 e. The summed E-state index contributed by atoms with van der Waals surface area (Å²) in [7, 11) is 0. The van der Waals surface area contributed by atoms with Gasteiger partial charge in [-0.1, -0.05) is 48.5 Å². The molecule has 0 unspecified atom stereocenters. The van der Waals surface area contributed by atoms with Crippen molar-refractivity contribution in [3.05, 3.63) is 72.3 Å². The third kappa shape index (κ3) is 3.53. The number of nitrogens with one attached hydrogen (secondary N) is 1. The van der Waals surface area contributed by atoms with E-state index in [9.17, 15) is 19.2 Å². The van der Waals surface area contributed by atoms with Crippen molar-refractivity contribution >= 4 is 45.7 Å². The zero-order valence-corrected chi connectivity index (χ0v) is 16.1. The normalized spacial score (nSPS) is 13.8. The van der Waals surface area contributed by atoms with E-state index in [1.165, 1.54) is 13.0 Å². The minimum atomic E-state index is -1.08. The van der Waals surface area contributed by atoms with E-state index in [-0.39, 0.29) is 5.56 Å². The summed E-state index contributed by atoms with van der Waals surface area (Å²) in [6.07, 6.45) is -1.08. The van der Waals surface area contributed by atoms with Gasteiger partial charge >= 0.3 is 5.97 Å². The first-order valence-electron chi connectivity index (χ1n) is 9.39. The molecule has 0 bridgehead atoms. The number of ketones is 1. The van der Waals surface area contributed by atoms with Gasteiger partial charge in [0.15, 0.2) is 6.10 Å². The number of rotatable bonds is 5. The van der Waals surface area contributed by atoms with Gasteiger partial charge in [-0.3, -0.25) is 24.1 Å². The predicted molar refractivity (Wildman–Crippen MR) is 111 cm³/mol. The highest BCUT2D eigenvalue weighted by Gasteiger charge is 2.37. The largest absolute Gasteiger partial charge is 0.451 e. The van der Waals surface area contributed by atoms with Crippen molar-refractivity contribution in [2.45, 2.75) is 13.0 Å². The molecular formula is C23H18N2O5. The summed E-state index contributed by atoms with van der Waals surface area (Å²) < 4.78 is 5.20. The van der Waals surface area contributed by atoms with Gasteiger partial charge in [0, 0.05) is 11.1 Å². The highest BCUT2D eigenvalue weighted by molar-refractivity contribution is 6.52. The van der Waals surface area contributed by atoms with Gasteiger partial charge < -0.3 is 10.1 Å². The summed E-state index contributed by atoms with van der Waals surface area (Å²) in [5.74, 6) is -2.74. The molecule has 4 rings (SSSR count). The van der Waals surface area contributed by atoms with Crippen molar-refractivity contribution in [2.75, 3.05) is 16.8 Å². The second-order valence-corrected chi connectivity index (χ2v) is 6.89. The summed E-state index contributed by atoms with van der Waals surface area (Å²) in [6.45, 7) is 0.997. The average molecular weight is 402 g/mol. The Bertz CT molecular complexity index is 1180. The fraction of sp³-hybridized carbons (Fsp3) is 0.130. The molecule has 0 aliphatic carbocycles. The maximum atomic E-state index is 12.5. The first kappa shape index (κ1) is 19.3. The van der Waals surface area contributed by atoms with Gasteiger partial charge in [0.1, 0.15) is 6.54 Å². The Morgan fingerprint density at radius 1 is 0.967 bits per heavy atom. The van der Waals surface area contributed by atoms with Crippen LogP contribution in [0.2, 0.25) is 0 Å². The summed E-state index contributed by atoms with van der Waals surface area (Å²) in [4.78, 5) is 50.1. The zero-order chi connectivity index (χ0) is 21.3. The van der Waals surface area contributed by atoms with E-state index >= 15 is 0 Å². The number of benzene rings is 3. The van der Waals surface area contributed by atoms with E-state index in [1.54, 1.807) is 24.3 Å². The minimum absolute atomic E-state index is 0.247. The van der Waals surface area contributed by atoms with Gasteiger partial charge in [-0.2, -0.15) is 0 Å². The van der Waals surface area contributed by atoms with Crippen LogP contribution in [0.1, 0.15) is 17.3 Å². The Morgan fingerprint density at radius 2 is 1.67 bits per heavy atom. The lowest BCUT2D eigenvalue weighted by atomic mass is 10.1. The number of nitrogens with zero attached hydrogens (tertiary/aromatic N) is 1. The van der Waals surface area contributed by atoms with Crippen molar-refractivity contribution in [3.8, 4) is 0 Å². The minimum Gasteiger partial charge on any atom is -0.451 e.